The summed E-state index contributed by atoms with van der Waals surface area (Å²) in [6.07, 6.45) is 1.45. The van der Waals surface area contributed by atoms with Crippen LogP contribution in [0.1, 0.15) is 17.7 Å². The monoisotopic (exact) mass is 332 g/mol. The Balaban J connectivity index is 1.93. The van der Waals surface area contributed by atoms with Gasteiger partial charge in [0.05, 0.1) is 6.54 Å². The molecule has 2 N–H and O–H groups in total. The van der Waals surface area contributed by atoms with Crippen molar-refractivity contribution in [3.63, 3.8) is 0 Å². The lowest BCUT2D eigenvalue weighted by molar-refractivity contribution is -0.146. The molecule has 0 radical (unpaired) electrons. The Labute approximate surface area is 119 Å². The van der Waals surface area contributed by atoms with Crippen molar-refractivity contribution in [2.24, 2.45) is 0 Å². The lowest BCUT2D eigenvalue weighted by atomic mass is 9.91. The van der Waals surface area contributed by atoms with Crippen LogP contribution in [-0.2, 0) is 16.1 Å². The first kappa shape index (κ1) is 14.0. The molecule has 0 spiro atoms. The number of ether oxygens (including phenoxy) is 1. The quantitative estimate of drug-likeness (QED) is 0.885. The van der Waals surface area contributed by atoms with E-state index in [1.165, 1.54) is 0 Å². The lowest BCUT2D eigenvalue weighted by Gasteiger charge is -2.34. The van der Waals surface area contributed by atoms with Crippen LogP contribution in [0.4, 0.5) is 0 Å². The number of halogens is 1. The molecule has 2 heterocycles. The zero-order chi connectivity index (χ0) is 13.0. The molecule has 1 saturated heterocycles. The van der Waals surface area contributed by atoms with Gasteiger partial charge in [-0.25, -0.2) is 0 Å². The Bertz CT molecular complexity index is 416. The van der Waals surface area contributed by atoms with E-state index in [2.05, 4.69) is 26.6 Å². The molecule has 1 aliphatic rings. The van der Waals surface area contributed by atoms with Crippen LogP contribution in [0.25, 0.3) is 0 Å². The van der Waals surface area contributed by atoms with E-state index in [4.69, 9.17) is 4.74 Å². The van der Waals surface area contributed by atoms with Gasteiger partial charge in [-0.15, -0.1) is 11.3 Å². The van der Waals surface area contributed by atoms with E-state index in [0.717, 1.165) is 35.3 Å². The second-order valence-electron chi connectivity index (χ2n) is 4.36. The molecule has 1 amide bonds. The molecule has 18 heavy (non-hydrogen) atoms. The van der Waals surface area contributed by atoms with E-state index >= 15 is 0 Å². The number of thiophene rings is 1. The predicted molar refractivity (Wildman–Crippen MR) is 75.7 cm³/mol. The highest BCUT2D eigenvalue weighted by Gasteiger charge is 2.39. The molecule has 4 nitrogen and oxygen atoms in total. The van der Waals surface area contributed by atoms with Crippen LogP contribution in [-0.4, -0.2) is 31.7 Å². The zero-order valence-electron chi connectivity index (χ0n) is 10.3. The normalized spacial score (nSPS) is 18.6. The number of hydrogen-bond donors (Lipinski definition) is 2. The molecule has 1 aliphatic heterocycles. The SMILES string of the molecule is COC1(C(=O)NCc2cc(Br)cs2)CCNCC1. The van der Waals surface area contributed by atoms with Gasteiger partial charge in [-0.2, -0.15) is 0 Å². The maximum absolute atomic E-state index is 12.3. The topological polar surface area (TPSA) is 50.4 Å². The van der Waals surface area contributed by atoms with Crippen molar-refractivity contribution in [1.82, 2.24) is 10.6 Å². The Hall–Kier alpha value is -0.430. The number of piperidine rings is 1. The third kappa shape index (κ3) is 3.12. The smallest absolute Gasteiger partial charge is 0.252 e. The van der Waals surface area contributed by atoms with Crippen molar-refractivity contribution in [3.8, 4) is 0 Å². The average Bonchev–Trinajstić information content (AvgIpc) is 2.82. The van der Waals surface area contributed by atoms with Crippen LogP contribution < -0.4 is 10.6 Å². The Morgan fingerprint density at radius 1 is 1.61 bits per heavy atom. The van der Waals surface area contributed by atoms with Crippen molar-refractivity contribution in [2.75, 3.05) is 20.2 Å². The van der Waals surface area contributed by atoms with E-state index in [0.29, 0.717) is 6.54 Å². The molecule has 0 saturated carbocycles. The molecule has 0 aromatic carbocycles. The maximum Gasteiger partial charge on any atom is 0.252 e. The van der Waals surface area contributed by atoms with Gasteiger partial charge in [-0.1, -0.05) is 0 Å². The largest absolute Gasteiger partial charge is 0.368 e. The van der Waals surface area contributed by atoms with Gasteiger partial charge in [0.1, 0.15) is 5.60 Å². The molecular formula is C12H17BrN2O2S. The van der Waals surface area contributed by atoms with E-state index in [-0.39, 0.29) is 5.91 Å². The Morgan fingerprint density at radius 2 is 2.33 bits per heavy atom. The van der Waals surface area contributed by atoms with Gasteiger partial charge in [0, 0.05) is 21.8 Å². The first-order valence-electron chi connectivity index (χ1n) is 5.93. The van der Waals surface area contributed by atoms with E-state index < -0.39 is 5.60 Å². The molecule has 1 aromatic heterocycles. The van der Waals surface area contributed by atoms with Crippen LogP contribution in [0.5, 0.6) is 0 Å². The van der Waals surface area contributed by atoms with Gasteiger partial charge >= 0.3 is 0 Å². The lowest BCUT2D eigenvalue weighted by Crippen LogP contribution is -2.53. The third-order valence-corrected chi connectivity index (χ3v) is 4.96. The van der Waals surface area contributed by atoms with Crippen LogP contribution in [0.2, 0.25) is 0 Å². The summed E-state index contributed by atoms with van der Waals surface area (Å²) in [5.74, 6) is -0.00368. The highest BCUT2D eigenvalue weighted by atomic mass is 79.9. The minimum absolute atomic E-state index is 0.00368. The van der Waals surface area contributed by atoms with Crippen LogP contribution in [0.15, 0.2) is 15.9 Å². The summed E-state index contributed by atoms with van der Waals surface area (Å²) in [6.45, 7) is 2.21. The fourth-order valence-electron chi connectivity index (χ4n) is 2.13. The molecule has 1 aromatic rings. The minimum atomic E-state index is -0.653. The van der Waals surface area contributed by atoms with Gasteiger partial charge < -0.3 is 15.4 Å². The van der Waals surface area contributed by atoms with Gasteiger partial charge in [-0.3, -0.25) is 4.79 Å². The zero-order valence-corrected chi connectivity index (χ0v) is 12.7. The number of carbonyl (C=O) groups is 1. The standard InChI is InChI=1S/C12H17BrN2O2S/c1-17-12(2-4-14-5-3-12)11(16)15-7-10-6-9(13)8-18-10/h6,8,14H,2-5,7H2,1H3,(H,15,16). The van der Waals surface area contributed by atoms with Crippen molar-refractivity contribution in [1.29, 1.82) is 0 Å². The van der Waals surface area contributed by atoms with E-state index in [1.807, 2.05) is 11.4 Å². The summed E-state index contributed by atoms with van der Waals surface area (Å²) >= 11 is 5.03. The third-order valence-electron chi connectivity index (χ3n) is 3.26. The maximum atomic E-state index is 12.3. The highest BCUT2D eigenvalue weighted by molar-refractivity contribution is 9.10. The molecule has 0 atom stereocenters. The average molecular weight is 333 g/mol. The predicted octanol–water partition coefficient (Wildman–Crippen LogP) is 1.90. The molecule has 0 aliphatic carbocycles. The first-order valence-corrected chi connectivity index (χ1v) is 7.61. The van der Waals surface area contributed by atoms with E-state index in [9.17, 15) is 4.79 Å². The second kappa shape index (κ2) is 6.14. The minimum Gasteiger partial charge on any atom is -0.368 e. The molecule has 6 heteroatoms. The Kier molecular flexibility index (Phi) is 4.77. The number of methoxy groups -OCH3 is 1. The van der Waals surface area contributed by atoms with E-state index in [1.54, 1.807) is 18.4 Å². The molecule has 1 fully saturated rings. The fourth-order valence-corrected chi connectivity index (χ4v) is 3.52. The second-order valence-corrected chi connectivity index (χ2v) is 6.27. The summed E-state index contributed by atoms with van der Waals surface area (Å²) in [7, 11) is 1.62. The highest BCUT2D eigenvalue weighted by Crippen LogP contribution is 2.24. The van der Waals surface area contributed by atoms with Gasteiger partial charge in [0.2, 0.25) is 0 Å². The van der Waals surface area contributed by atoms with Crippen LogP contribution in [0.3, 0.4) is 0 Å². The number of amides is 1. The molecule has 100 valence electrons. The fraction of sp³-hybridized carbons (Fsp3) is 0.583. The van der Waals surface area contributed by atoms with Crippen LogP contribution >= 0.6 is 27.3 Å². The number of hydrogen-bond acceptors (Lipinski definition) is 4. The summed E-state index contributed by atoms with van der Waals surface area (Å²) in [5, 5.41) is 8.23. The van der Waals surface area contributed by atoms with Crippen molar-refractivity contribution < 1.29 is 9.53 Å². The van der Waals surface area contributed by atoms with Gasteiger partial charge in [0.15, 0.2) is 0 Å². The molecule has 0 bridgehead atoms. The van der Waals surface area contributed by atoms with Gasteiger partial charge in [-0.05, 0) is 47.9 Å². The summed E-state index contributed by atoms with van der Waals surface area (Å²) in [4.78, 5) is 13.4. The van der Waals surface area contributed by atoms with Gasteiger partial charge in [0.25, 0.3) is 5.91 Å². The van der Waals surface area contributed by atoms with Crippen molar-refractivity contribution >= 4 is 33.2 Å². The molecule has 2 rings (SSSR count). The first-order chi connectivity index (χ1) is 8.66. The summed E-state index contributed by atoms with van der Waals surface area (Å²) in [6, 6.07) is 2.02. The molecule has 0 unspecified atom stereocenters. The van der Waals surface area contributed by atoms with Crippen LogP contribution in [0, 0.1) is 0 Å². The Morgan fingerprint density at radius 3 is 2.89 bits per heavy atom. The van der Waals surface area contributed by atoms with Crippen molar-refractivity contribution in [3.05, 3.63) is 20.8 Å². The number of rotatable bonds is 4. The summed E-state index contributed by atoms with van der Waals surface area (Å²) < 4.78 is 6.53. The van der Waals surface area contributed by atoms with Crippen molar-refractivity contribution in [2.45, 2.75) is 25.0 Å². The number of nitrogens with one attached hydrogen (secondary N) is 2. The summed E-state index contributed by atoms with van der Waals surface area (Å²) in [5.41, 5.74) is -0.653. The number of carbonyl (C=O) groups excluding carboxylic acids is 1. The molecular weight excluding hydrogens is 316 g/mol.